The van der Waals surface area contributed by atoms with Gasteiger partial charge in [-0.2, -0.15) is 0 Å². The van der Waals surface area contributed by atoms with Crippen LogP contribution in [0.2, 0.25) is 0 Å². The Hall–Kier alpha value is -0.990. The van der Waals surface area contributed by atoms with Gasteiger partial charge < -0.3 is 4.74 Å². The summed E-state index contributed by atoms with van der Waals surface area (Å²) in [5.41, 5.74) is 0. The molecular formula is C16H27N3O3S. The summed E-state index contributed by atoms with van der Waals surface area (Å²) in [6, 6.07) is 8.96. The van der Waals surface area contributed by atoms with E-state index in [4.69, 9.17) is 4.74 Å². The molecule has 0 radical (unpaired) electrons. The van der Waals surface area contributed by atoms with E-state index in [0.29, 0.717) is 17.5 Å². The fourth-order valence-electron chi connectivity index (χ4n) is 2.84. The Bertz CT molecular complexity index is 565. The molecule has 130 valence electrons. The van der Waals surface area contributed by atoms with E-state index in [1.165, 1.54) is 0 Å². The lowest BCUT2D eigenvalue weighted by Gasteiger charge is -2.39. The van der Waals surface area contributed by atoms with E-state index in [0.717, 1.165) is 39.3 Å². The fourth-order valence-corrected chi connectivity index (χ4v) is 3.88. The Labute approximate surface area is 139 Å². The number of sulfonamides is 1. The molecule has 1 fully saturated rings. The first-order chi connectivity index (χ1) is 11.0. The second-order valence-corrected chi connectivity index (χ2v) is 7.66. The van der Waals surface area contributed by atoms with Crippen molar-refractivity contribution in [3.8, 4) is 0 Å². The molecule has 1 aromatic carbocycles. The van der Waals surface area contributed by atoms with Crippen LogP contribution in [-0.2, 0) is 14.8 Å². The molecule has 0 aromatic heterocycles. The Balaban J connectivity index is 1.75. The van der Waals surface area contributed by atoms with Crippen molar-refractivity contribution in [2.45, 2.75) is 17.9 Å². The van der Waals surface area contributed by atoms with E-state index < -0.39 is 10.0 Å². The number of hydrogen-bond acceptors (Lipinski definition) is 5. The zero-order chi connectivity index (χ0) is 16.7. The second-order valence-electron chi connectivity index (χ2n) is 5.89. The van der Waals surface area contributed by atoms with E-state index in [1.54, 1.807) is 31.4 Å². The van der Waals surface area contributed by atoms with E-state index in [2.05, 4.69) is 21.4 Å². The normalized spacial score (nSPS) is 20.7. The van der Waals surface area contributed by atoms with Crippen LogP contribution in [0.4, 0.5) is 0 Å². The van der Waals surface area contributed by atoms with E-state index in [9.17, 15) is 8.42 Å². The number of nitrogens with zero attached hydrogens (tertiary/aromatic N) is 2. The molecular weight excluding hydrogens is 314 g/mol. The van der Waals surface area contributed by atoms with Gasteiger partial charge in [0.1, 0.15) is 0 Å². The molecule has 6 nitrogen and oxygen atoms in total. The summed E-state index contributed by atoms with van der Waals surface area (Å²) >= 11 is 0. The molecule has 0 aliphatic carbocycles. The quantitative estimate of drug-likeness (QED) is 0.751. The van der Waals surface area contributed by atoms with Crippen LogP contribution in [-0.4, -0.2) is 77.2 Å². The summed E-state index contributed by atoms with van der Waals surface area (Å²) in [6.45, 7) is 7.98. The molecule has 0 spiro atoms. The first kappa shape index (κ1) is 18.4. The summed E-state index contributed by atoms with van der Waals surface area (Å²) in [5.74, 6) is 0. The fraction of sp³-hybridized carbons (Fsp3) is 0.625. The largest absolute Gasteiger partial charge is 0.383 e. The summed E-state index contributed by atoms with van der Waals surface area (Å²) in [6.07, 6.45) is 0. The summed E-state index contributed by atoms with van der Waals surface area (Å²) in [4.78, 5) is 5.04. The molecule has 0 saturated carbocycles. The maximum Gasteiger partial charge on any atom is 0.240 e. The third kappa shape index (κ3) is 5.54. The van der Waals surface area contributed by atoms with Crippen molar-refractivity contribution in [1.82, 2.24) is 14.5 Å². The Morgan fingerprint density at radius 3 is 2.61 bits per heavy atom. The molecule has 1 aliphatic rings. The molecule has 1 unspecified atom stereocenters. The Morgan fingerprint density at radius 1 is 1.22 bits per heavy atom. The maximum absolute atomic E-state index is 12.2. The van der Waals surface area contributed by atoms with E-state index >= 15 is 0 Å². The third-order valence-electron chi connectivity index (χ3n) is 4.21. The molecule has 1 aromatic rings. The maximum atomic E-state index is 12.2. The average Bonchev–Trinajstić information content (AvgIpc) is 2.55. The first-order valence-electron chi connectivity index (χ1n) is 8.03. The van der Waals surface area contributed by atoms with Gasteiger partial charge in [0.05, 0.1) is 11.5 Å². The van der Waals surface area contributed by atoms with Crippen LogP contribution in [0.15, 0.2) is 35.2 Å². The number of benzene rings is 1. The van der Waals surface area contributed by atoms with Crippen LogP contribution in [0.25, 0.3) is 0 Å². The van der Waals surface area contributed by atoms with Crippen LogP contribution in [0, 0.1) is 0 Å². The van der Waals surface area contributed by atoms with Crippen molar-refractivity contribution >= 4 is 10.0 Å². The van der Waals surface area contributed by atoms with Gasteiger partial charge in [0.15, 0.2) is 0 Å². The molecule has 7 heteroatoms. The summed E-state index contributed by atoms with van der Waals surface area (Å²) in [5, 5.41) is 0. The van der Waals surface area contributed by atoms with Crippen molar-refractivity contribution in [3.05, 3.63) is 30.3 Å². The zero-order valence-corrected chi connectivity index (χ0v) is 14.8. The van der Waals surface area contributed by atoms with Gasteiger partial charge in [-0.1, -0.05) is 18.2 Å². The van der Waals surface area contributed by atoms with E-state index in [1.807, 2.05) is 6.07 Å². The Kier molecular flexibility index (Phi) is 6.98. The lowest BCUT2D eigenvalue weighted by atomic mass is 10.2. The highest BCUT2D eigenvalue weighted by atomic mass is 32.2. The number of piperazine rings is 1. The monoisotopic (exact) mass is 341 g/mol. The van der Waals surface area contributed by atoms with Gasteiger partial charge in [0, 0.05) is 52.4 Å². The van der Waals surface area contributed by atoms with Gasteiger partial charge in [-0.05, 0) is 19.1 Å². The van der Waals surface area contributed by atoms with Crippen molar-refractivity contribution in [1.29, 1.82) is 0 Å². The molecule has 1 saturated heterocycles. The van der Waals surface area contributed by atoms with Crippen molar-refractivity contribution in [2.75, 3.05) is 53.0 Å². The predicted molar refractivity (Wildman–Crippen MR) is 91.0 cm³/mol. The Morgan fingerprint density at radius 2 is 1.96 bits per heavy atom. The topological polar surface area (TPSA) is 61.9 Å². The van der Waals surface area contributed by atoms with Crippen LogP contribution < -0.4 is 4.72 Å². The van der Waals surface area contributed by atoms with Gasteiger partial charge in [-0.25, -0.2) is 13.1 Å². The minimum atomic E-state index is -3.40. The molecule has 1 aliphatic heterocycles. The molecule has 1 N–H and O–H groups in total. The smallest absolute Gasteiger partial charge is 0.240 e. The average molecular weight is 341 g/mol. The zero-order valence-electron chi connectivity index (χ0n) is 13.9. The van der Waals surface area contributed by atoms with Gasteiger partial charge in [-0.3, -0.25) is 9.80 Å². The first-order valence-corrected chi connectivity index (χ1v) is 9.51. The van der Waals surface area contributed by atoms with E-state index in [-0.39, 0.29) is 0 Å². The number of ether oxygens (including phenoxy) is 1. The molecule has 0 bridgehead atoms. The van der Waals surface area contributed by atoms with Crippen molar-refractivity contribution < 1.29 is 13.2 Å². The standard InChI is InChI=1S/C16H27N3O3S/c1-15-14-18(10-11-19(15)12-13-22-2)9-8-17-23(20,21)16-6-4-3-5-7-16/h3-7,15,17H,8-14H2,1-2H3. The van der Waals surface area contributed by atoms with Gasteiger partial charge in [0.25, 0.3) is 0 Å². The number of hydrogen-bond donors (Lipinski definition) is 1. The minimum absolute atomic E-state index is 0.317. The van der Waals surface area contributed by atoms with Crippen molar-refractivity contribution in [2.24, 2.45) is 0 Å². The molecule has 1 atom stereocenters. The lowest BCUT2D eigenvalue weighted by Crippen LogP contribution is -2.53. The number of methoxy groups -OCH3 is 1. The van der Waals surface area contributed by atoms with Gasteiger partial charge in [-0.15, -0.1) is 0 Å². The van der Waals surface area contributed by atoms with Crippen molar-refractivity contribution in [3.63, 3.8) is 0 Å². The highest BCUT2D eigenvalue weighted by Gasteiger charge is 2.23. The summed E-state index contributed by atoms with van der Waals surface area (Å²) < 4.78 is 32.1. The van der Waals surface area contributed by atoms with Gasteiger partial charge >= 0.3 is 0 Å². The molecule has 1 heterocycles. The third-order valence-corrected chi connectivity index (χ3v) is 5.68. The molecule has 0 amide bonds. The SMILES string of the molecule is COCCN1CCN(CCNS(=O)(=O)c2ccccc2)CC1C. The van der Waals surface area contributed by atoms with Crippen LogP contribution in [0.1, 0.15) is 6.92 Å². The second kappa shape index (κ2) is 8.75. The minimum Gasteiger partial charge on any atom is -0.383 e. The highest BCUT2D eigenvalue weighted by molar-refractivity contribution is 7.89. The molecule has 2 rings (SSSR count). The van der Waals surface area contributed by atoms with Crippen LogP contribution in [0.5, 0.6) is 0 Å². The summed E-state index contributed by atoms with van der Waals surface area (Å²) in [7, 11) is -1.68. The lowest BCUT2D eigenvalue weighted by molar-refractivity contribution is 0.0601. The van der Waals surface area contributed by atoms with Crippen LogP contribution >= 0.6 is 0 Å². The predicted octanol–water partition coefficient (Wildman–Crippen LogP) is 0.617. The number of nitrogens with one attached hydrogen (secondary N) is 1. The van der Waals surface area contributed by atoms with Gasteiger partial charge in [0.2, 0.25) is 10.0 Å². The van der Waals surface area contributed by atoms with Crippen LogP contribution in [0.3, 0.4) is 0 Å². The number of rotatable bonds is 8. The highest BCUT2D eigenvalue weighted by Crippen LogP contribution is 2.09. The molecule has 23 heavy (non-hydrogen) atoms.